The van der Waals surface area contributed by atoms with Crippen molar-refractivity contribution in [3.63, 3.8) is 0 Å². The van der Waals surface area contributed by atoms with Gasteiger partial charge in [-0.15, -0.1) is 0 Å². The number of halogens is 6. The molecule has 0 unspecified atom stereocenters. The Balaban J connectivity index is 1.14. The van der Waals surface area contributed by atoms with E-state index in [0.29, 0.717) is 43.3 Å². The number of hydrogen-bond acceptors (Lipinski definition) is 7. The molecular weight excluding hydrogens is 618 g/mol. The van der Waals surface area contributed by atoms with Gasteiger partial charge in [-0.1, -0.05) is 30.3 Å². The Labute approximate surface area is 258 Å². The van der Waals surface area contributed by atoms with Crippen LogP contribution in [0.4, 0.5) is 37.8 Å². The van der Waals surface area contributed by atoms with Crippen LogP contribution in [0.25, 0.3) is 0 Å². The van der Waals surface area contributed by atoms with E-state index in [1.54, 1.807) is 58.3 Å². The van der Waals surface area contributed by atoms with Crippen LogP contribution < -0.4 is 20.1 Å². The number of piperazine rings is 1. The topological polar surface area (TPSA) is 94.7 Å². The molecule has 0 aliphatic carbocycles. The standard InChI is InChI=1S/C31H26F6N6O3/c32-30(33,34)21-8-9-26(38-15-21)41-10-12-42(13-11-41)29(45)19-5-3-6-22(14-19)46-18-25-23-7-2-1-4-20(23)17-43(25)24-16-39-40-28(44)27(24)31(35,36)37/h1-9,14-16,25H,10-13,17-18H2,(H,40,44)/t25-/m0/s1. The van der Waals surface area contributed by atoms with Crippen molar-refractivity contribution < 1.29 is 35.9 Å². The lowest BCUT2D eigenvalue weighted by molar-refractivity contribution is -0.139. The fourth-order valence-corrected chi connectivity index (χ4v) is 5.73. The molecular formula is C31H26F6N6O3. The van der Waals surface area contributed by atoms with Crippen LogP contribution in [-0.2, 0) is 18.9 Å². The first-order valence-corrected chi connectivity index (χ1v) is 14.2. The zero-order valence-electron chi connectivity index (χ0n) is 24.0. The highest BCUT2D eigenvalue weighted by Gasteiger charge is 2.42. The van der Waals surface area contributed by atoms with Crippen LogP contribution >= 0.6 is 0 Å². The van der Waals surface area contributed by atoms with Gasteiger partial charge in [-0.3, -0.25) is 9.59 Å². The highest BCUT2D eigenvalue weighted by Crippen LogP contribution is 2.42. The van der Waals surface area contributed by atoms with Crippen LogP contribution in [-0.4, -0.2) is 58.8 Å². The van der Waals surface area contributed by atoms with Crippen molar-refractivity contribution in [2.24, 2.45) is 0 Å². The minimum absolute atomic E-state index is 0.0858. The van der Waals surface area contributed by atoms with Crippen molar-refractivity contribution in [1.82, 2.24) is 20.1 Å². The van der Waals surface area contributed by atoms with Crippen molar-refractivity contribution in [3.8, 4) is 5.75 Å². The van der Waals surface area contributed by atoms with Gasteiger partial charge in [0.2, 0.25) is 0 Å². The number of anilines is 2. The summed E-state index contributed by atoms with van der Waals surface area (Å²) in [5.74, 6) is 0.432. The lowest BCUT2D eigenvalue weighted by Gasteiger charge is -2.35. The molecule has 240 valence electrons. The Morgan fingerprint density at radius 2 is 1.67 bits per heavy atom. The minimum Gasteiger partial charge on any atom is -0.491 e. The average Bonchev–Trinajstić information content (AvgIpc) is 3.41. The molecule has 4 heterocycles. The molecule has 2 aromatic carbocycles. The fraction of sp³-hybridized carbons (Fsp3) is 0.290. The third-order valence-corrected chi connectivity index (χ3v) is 8.01. The Morgan fingerprint density at radius 3 is 2.37 bits per heavy atom. The number of fused-ring (bicyclic) bond motifs is 1. The number of pyridine rings is 1. The van der Waals surface area contributed by atoms with Crippen molar-refractivity contribution in [2.75, 3.05) is 42.6 Å². The molecule has 0 radical (unpaired) electrons. The maximum absolute atomic E-state index is 13.9. The second-order valence-corrected chi connectivity index (χ2v) is 10.8. The normalized spacial score (nSPS) is 16.8. The fourth-order valence-electron chi connectivity index (χ4n) is 5.73. The Bertz CT molecular complexity index is 1790. The SMILES string of the molecule is O=C(c1cccc(OC[C@H]2c3ccccc3CN2c2cn[nH]c(=O)c2C(F)(F)F)c1)N1CCN(c2ccc(C(F)(F)F)cn2)CC1. The van der Waals surface area contributed by atoms with Gasteiger partial charge in [-0.05, 0) is 41.5 Å². The maximum Gasteiger partial charge on any atom is 0.423 e. The summed E-state index contributed by atoms with van der Waals surface area (Å²) in [6.07, 6.45) is -7.63. The molecule has 0 bridgehead atoms. The molecule has 9 nitrogen and oxygen atoms in total. The third-order valence-electron chi connectivity index (χ3n) is 8.01. The zero-order valence-corrected chi connectivity index (χ0v) is 24.0. The number of amides is 1. The Hall–Kier alpha value is -5.08. The number of nitrogens with zero attached hydrogens (tertiary/aromatic N) is 5. The van der Waals surface area contributed by atoms with E-state index in [-0.39, 0.29) is 24.7 Å². The van der Waals surface area contributed by atoms with Crippen LogP contribution in [0, 0.1) is 0 Å². The van der Waals surface area contributed by atoms with Crippen LogP contribution in [0.1, 0.15) is 38.7 Å². The molecule has 1 saturated heterocycles. The summed E-state index contributed by atoms with van der Waals surface area (Å²) >= 11 is 0. The van der Waals surface area contributed by atoms with E-state index in [2.05, 4.69) is 10.1 Å². The molecule has 1 N–H and O–H groups in total. The van der Waals surface area contributed by atoms with Gasteiger partial charge >= 0.3 is 12.4 Å². The van der Waals surface area contributed by atoms with Gasteiger partial charge in [0.1, 0.15) is 23.7 Å². The lowest BCUT2D eigenvalue weighted by atomic mass is 10.1. The van der Waals surface area contributed by atoms with E-state index in [9.17, 15) is 35.9 Å². The molecule has 1 atom stereocenters. The summed E-state index contributed by atoms with van der Waals surface area (Å²) in [6.45, 7) is 1.38. The van der Waals surface area contributed by atoms with Gasteiger partial charge in [0.15, 0.2) is 0 Å². The van der Waals surface area contributed by atoms with Crippen LogP contribution in [0.5, 0.6) is 5.75 Å². The van der Waals surface area contributed by atoms with Crippen LogP contribution in [0.15, 0.2) is 77.9 Å². The second kappa shape index (κ2) is 12.0. The Kier molecular flexibility index (Phi) is 8.08. The Morgan fingerprint density at radius 1 is 0.913 bits per heavy atom. The van der Waals surface area contributed by atoms with E-state index in [1.165, 1.54) is 11.0 Å². The number of aromatic amines is 1. The van der Waals surface area contributed by atoms with Crippen molar-refractivity contribution in [2.45, 2.75) is 24.9 Å². The highest BCUT2D eigenvalue weighted by molar-refractivity contribution is 5.94. The number of aromatic nitrogens is 3. The predicted octanol–water partition coefficient (Wildman–Crippen LogP) is 5.31. The van der Waals surface area contributed by atoms with Crippen LogP contribution in [0.2, 0.25) is 0 Å². The number of H-pyrrole nitrogens is 1. The van der Waals surface area contributed by atoms with Crippen molar-refractivity contribution in [1.29, 1.82) is 0 Å². The number of carbonyl (C=O) groups excluding carboxylic acids is 1. The number of nitrogens with one attached hydrogen (secondary N) is 1. The highest BCUT2D eigenvalue weighted by atomic mass is 19.4. The molecule has 0 saturated carbocycles. The van der Waals surface area contributed by atoms with E-state index < -0.39 is 35.1 Å². The first-order chi connectivity index (χ1) is 21.9. The number of alkyl halides is 6. The molecule has 1 amide bonds. The number of benzene rings is 2. The molecule has 2 aliphatic heterocycles. The maximum atomic E-state index is 13.9. The molecule has 46 heavy (non-hydrogen) atoms. The summed E-state index contributed by atoms with van der Waals surface area (Å²) in [5.41, 5.74) is -2.04. The summed E-state index contributed by atoms with van der Waals surface area (Å²) < 4.78 is 86.4. The van der Waals surface area contributed by atoms with Gasteiger partial charge in [0.05, 0.1) is 23.5 Å². The number of rotatable bonds is 6. The molecule has 15 heteroatoms. The lowest BCUT2D eigenvalue weighted by Crippen LogP contribution is -2.49. The molecule has 0 spiro atoms. The van der Waals surface area contributed by atoms with Gasteiger partial charge in [0.25, 0.3) is 11.5 Å². The van der Waals surface area contributed by atoms with Crippen molar-refractivity contribution in [3.05, 3.63) is 111 Å². The molecule has 4 aromatic rings. The molecule has 2 aromatic heterocycles. The van der Waals surface area contributed by atoms with E-state index in [4.69, 9.17) is 4.74 Å². The third kappa shape index (κ3) is 6.21. The van der Waals surface area contributed by atoms with E-state index in [1.807, 2.05) is 5.10 Å². The summed E-state index contributed by atoms with van der Waals surface area (Å²) in [4.78, 5) is 34.3. The van der Waals surface area contributed by atoms with E-state index in [0.717, 1.165) is 29.6 Å². The second-order valence-electron chi connectivity index (χ2n) is 10.8. The zero-order chi connectivity index (χ0) is 32.6. The molecule has 2 aliphatic rings. The first kappa shape index (κ1) is 30.9. The summed E-state index contributed by atoms with van der Waals surface area (Å²) in [7, 11) is 0. The van der Waals surface area contributed by atoms with Gasteiger partial charge < -0.3 is 19.4 Å². The number of carbonyl (C=O) groups is 1. The number of ether oxygens (including phenoxy) is 1. The monoisotopic (exact) mass is 644 g/mol. The average molecular weight is 645 g/mol. The first-order valence-electron chi connectivity index (χ1n) is 14.2. The van der Waals surface area contributed by atoms with Crippen molar-refractivity contribution >= 4 is 17.4 Å². The predicted molar refractivity (Wildman–Crippen MR) is 155 cm³/mol. The van der Waals surface area contributed by atoms with Gasteiger partial charge in [-0.25, -0.2) is 10.1 Å². The van der Waals surface area contributed by atoms with Gasteiger partial charge in [0, 0.05) is 44.5 Å². The minimum atomic E-state index is -4.92. The van der Waals surface area contributed by atoms with E-state index >= 15 is 0 Å². The van der Waals surface area contributed by atoms with Crippen LogP contribution in [0.3, 0.4) is 0 Å². The summed E-state index contributed by atoms with van der Waals surface area (Å²) in [6, 6.07) is 15.1. The van der Waals surface area contributed by atoms with Gasteiger partial charge in [-0.2, -0.15) is 31.4 Å². The molecule has 6 rings (SSSR count). The number of hydrogen-bond donors (Lipinski definition) is 1. The smallest absolute Gasteiger partial charge is 0.423 e. The molecule has 1 fully saturated rings. The largest absolute Gasteiger partial charge is 0.491 e. The summed E-state index contributed by atoms with van der Waals surface area (Å²) in [5, 5.41) is 5.48. The quantitative estimate of drug-likeness (QED) is 0.285.